The van der Waals surface area contributed by atoms with E-state index in [0.29, 0.717) is 23.6 Å². The predicted octanol–water partition coefficient (Wildman–Crippen LogP) is 2.38. The van der Waals surface area contributed by atoms with Crippen LogP contribution in [0.1, 0.15) is 24.2 Å². The van der Waals surface area contributed by atoms with Crippen LogP contribution >= 0.6 is 34.8 Å². The van der Waals surface area contributed by atoms with Gasteiger partial charge in [-0.25, -0.2) is 0 Å². The first-order chi connectivity index (χ1) is 8.86. The van der Waals surface area contributed by atoms with Crippen molar-refractivity contribution >= 4 is 45.7 Å². The number of thiocarbonyl (C=S) groups is 1. The van der Waals surface area contributed by atoms with E-state index in [0.717, 1.165) is 3.57 Å². The normalized spacial score (nSPS) is 11.9. The van der Waals surface area contributed by atoms with Gasteiger partial charge in [-0.3, -0.25) is 4.79 Å². The molecule has 1 atom stereocenters. The molecule has 1 aromatic carbocycles. The topological polar surface area (TPSA) is 66.6 Å². The minimum absolute atomic E-state index is 0.00755. The highest BCUT2D eigenvalue weighted by Gasteiger charge is 2.20. The Hall–Kier alpha value is -0.890. The third-order valence-corrected chi connectivity index (χ3v) is 3.91. The van der Waals surface area contributed by atoms with E-state index in [-0.39, 0.29) is 17.6 Å². The molecule has 4 nitrogen and oxygen atoms in total. The maximum atomic E-state index is 12.4. The van der Waals surface area contributed by atoms with Gasteiger partial charge in [0.15, 0.2) is 0 Å². The fourth-order valence-electron chi connectivity index (χ4n) is 1.63. The average Bonchev–Trinajstić information content (AvgIpc) is 2.37. The lowest BCUT2D eigenvalue weighted by Crippen LogP contribution is -2.38. The van der Waals surface area contributed by atoms with Crippen LogP contribution in [0.15, 0.2) is 18.2 Å². The van der Waals surface area contributed by atoms with Crippen LogP contribution in [0.25, 0.3) is 0 Å². The molecule has 0 fully saturated rings. The summed E-state index contributed by atoms with van der Waals surface area (Å²) in [6.07, 6.45) is 0. The van der Waals surface area contributed by atoms with Gasteiger partial charge < -0.3 is 15.7 Å². The third-order valence-electron chi connectivity index (χ3n) is 2.84. The van der Waals surface area contributed by atoms with Crippen LogP contribution in [0.3, 0.4) is 0 Å². The molecule has 0 aromatic heterocycles. The van der Waals surface area contributed by atoms with E-state index in [1.807, 2.05) is 13.8 Å². The molecule has 3 N–H and O–H groups in total. The van der Waals surface area contributed by atoms with Gasteiger partial charge in [0.1, 0.15) is 5.75 Å². The largest absolute Gasteiger partial charge is 0.507 e. The smallest absolute Gasteiger partial charge is 0.257 e. The minimum atomic E-state index is -0.207. The molecule has 0 radical (unpaired) electrons. The Morgan fingerprint density at radius 3 is 2.74 bits per heavy atom. The van der Waals surface area contributed by atoms with Gasteiger partial charge in [-0.05, 0) is 47.7 Å². The number of benzene rings is 1. The molecular weight excluding hydrogens is 375 g/mol. The number of rotatable bonds is 5. The predicted molar refractivity (Wildman–Crippen MR) is 88.4 cm³/mol. The van der Waals surface area contributed by atoms with E-state index < -0.39 is 0 Å². The summed E-state index contributed by atoms with van der Waals surface area (Å²) in [5, 5.41) is 9.79. The Balaban J connectivity index is 2.95. The zero-order chi connectivity index (χ0) is 14.6. The van der Waals surface area contributed by atoms with Crippen molar-refractivity contribution in [3.8, 4) is 5.75 Å². The summed E-state index contributed by atoms with van der Waals surface area (Å²) in [6.45, 7) is 4.76. The van der Waals surface area contributed by atoms with E-state index in [2.05, 4.69) is 22.6 Å². The van der Waals surface area contributed by atoms with Crippen LogP contribution in [0.2, 0.25) is 0 Å². The van der Waals surface area contributed by atoms with E-state index in [1.165, 1.54) is 6.07 Å². The summed E-state index contributed by atoms with van der Waals surface area (Å²) in [5.41, 5.74) is 5.88. The van der Waals surface area contributed by atoms with Crippen molar-refractivity contribution in [2.45, 2.75) is 13.8 Å². The zero-order valence-electron chi connectivity index (χ0n) is 10.9. The summed E-state index contributed by atoms with van der Waals surface area (Å²) in [4.78, 5) is 14.4. The molecule has 6 heteroatoms. The Bertz CT molecular complexity index is 494. The molecule has 0 bridgehead atoms. The van der Waals surface area contributed by atoms with Crippen molar-refractivity contribution in [3.63, 3.8) is 0 Å². The van der Waals surface area contributed by atoms with Crippen LogP contribution in [0.4, 0.5) is 0 Å². The lowest BCUT2D eigenvalue weighted by molar-refractivity contribution is 0.0752. The van der Waals surface area contributed by atoms with Crippen molar-refractivity contribution in [2.24, 2.45) is 11.7 Å². The number of nitrogens with two attached hydrogens (primary N) is 1. The maximum absolute atomic E-state index is 12.4. The molecule has 104 valence electrons. The molecule has 0 aliphatic carbocycles. The molecular formula is C13H17IN2O2S. The maximum Gasteiger partial charge on any atom is 0.257 e. The van der Waals surface area contributed by atoms with Gasteiger partial charge in [0.25, 0.3) is 5.91 Å². The number of aromatic hydroxyl groups is 1. The highest BCUT2D eigenvalue weighted by Crippen LogP contribution is 2.21. The molecule has 0 saturated heterocycles. The third kappa shape index (κ3) is 4.31. The van der Waals surface area contributed by atoms with Crippen molar-refractivity contribution in [3.05, 3.63) is 27.3 Å². The summed E-state index contributed by atoms with van der Waals surface area (Å²) in [6, 6.07) is 4.95. The summed E-state index contributed by atoms with van der Waals surface area (Å²) in [7, 11) is 0. The van der Waals surface area contributed by atoms with Crippen LogP contribution in [-0.2, 0) is 0 Å². The lowest BCUT2D eigenvalue weighted by atomic mass is 10.1. The standard InChI is InChI=1S/C13H17IN2O2S/c1-3-16(7-8(2)12(15)19)13(18)10-6-9(14)4-5-11(10)17/h4-6,8,17H,3,7H2,1-2H3,(H2,15,19). The van der Waals surface area contributed by atoms with Crippen molar-refractivity contribution in [1.82, 2.24) is 4.90 Å². The molecule has 1 unspecified atom stereocenters. The van der Waals surface area contributed by atoms with Crippen LogP contribution in [0, 0.1) is 9.49 Å². The second-order valence-electron chi connectivity index (χ2n) is 4.31. The molecule has 19 heavy (non-hydrogen) atoms. The Labute approximate surface area is 132 Å². The molecule has 0 aliphatic rings. The van der Waals surface area contributed by atoms with E-state index in [9.17, 15) is 9.90 Å². The summed E-state index contributed by atoms with van der Waals surface area (Å²) in [5.74, 6) is -0.266. The van der Waals surface area contributed by atoms with Crippen molar-refractivity contribution in [2.75, 3.05) is 13.1 Å². The highest BCUT2D eigenvalue weighted by molar-refractivity contribution is 14.1. The molecule has 1 aromatic rings. The second kappa shape index (κ2) is 7.04. The van der Waals surface area contributed by atoms with Gasteiger partial charge in [0.2, 0.25) is 0 Å². The van der Waals surface area contributed by atoms with E-state index in [4.69, 9.17) is 18.0 Å². The molecule has 1 rings (SSSR count). The minimum Gasteiger partial charge on any atom is -0.507 e. The van der Waals surface area contributed by atoms with Gasteiger partial charge in [-0.15, -0.1) is 0 Å². The molecule has 0 aliphatic heterocycles. The van der Waals surface area contributed by atoms with Gasteiger partial charge in [0.05, 0.1) is 10.6 Å². The number of carbonyl (C=O) groups is 1. The first-order valence-corrected chi connectivity index (χ1v) is 7.42. The molecule has 0 spiro atoms. The fraction of sp³-hybridized carbons (Fsp3) is 0.385. The molecule has 0 saturated carbocycles. The number of hydrogen-bond acceptors (Lipinski definition) is 3. The number of carbonyl (C=O) groups excluding carboxylic acids is 1. The quantitative estimate of drug-likeness (QED) is 0.597. The highest BCUT2D eigenvalue weighted by atomic mass is 127. The number of phenolic OH excluding ortho intramolecular Hbond substituents is 1. The SMILES string of the molecule is CCN(CC(C)C(N)=S)C(=O)c1cc(I)ccc1O. The van der Waals surface area contributed by atoms with Crippen LogP contribution in [-0.4, -0.2) is 34.0 Å². The monoisotopic (exact) mass is 392 g/mol. The van der Waals surface area contributed by atoms with Crippen molar-refractivity contribution < 1.29 is 9.90 Å². The van der Waals surface area contributed by atoms with Gasteiger partial charge in [-0.2, -0.15) is 0 Å². The van der Waals surface area contributed by atoms with Crippen LogP contribution in [0.5, 0.6) is 5.75 Å². The second-order valence-corrected chi connectivity index (χ2v) is 6.03. The van der Waals surface area contributed by atoms with Crippen LogP contribution < -0.4 is 5.73 Å². The Morgan fingerprint density at radius 2 is 2.21 bits per heavy atom. The number of hydrogen-bond donors (Lipinski definition) is 2. The first-order valence-electron chi connectivity index (χ1n) is 5.93. The van der Waals surface area contributed by atoms with E-state index >= 15 is 0 Å². The Kier molecular flexibility index (Phi) is 5.99. The van der Waals surface area contributed by atoms with Gasteiger partial charge in [-0.1, -0.05) is 19.1 Å². The number of nitrogens with zero attached hydrogens (tertiary/aromatic N) is 1. The van der Waals surface area contributed by atoms with Gasteiger partial charge >= 0.3 is 0 Å². The average molecular weight is 392 g/mol. The fourth-order valence-corrected chi connectivity index (χ4v) is 2.19. The van der Waals surface area contributed by atoms with Crippen molar-refractivity contribution in [1.29, 1.82) is 0 Å². The molecule has 1 amide bonds. The molecule has 0 heterocycles. The first kappa shape index (κ1) is 16.2. The summed E-state index contributed by atoms with van der Waals surface area (Å²) < 4.78 is 0.900. The summed E-state index contributed by atoms with van der Waals surface area (Å²) >= 11 is 7.03. The van der Waals surface area contributed by atoms with E-state index in [1.54, 1.807) is 17.0 Å². The van der Waals surface area contributed by atoms with Gasteiger partial charge in [0, 0.05) is 22.6 Å². The lowest BCUT2D eigenvalue weighted by Gasteiger charge is -2.24. The zero-order valence-corrected chi connectivity index (χ0v) is 13.9. The number of phenols is 1. The number of halogens is 1. The number of amides is 1. The Morgan fingerprint density at radius 1 is 1.58 bits per heavy atom.